The molecular weight excluding hydrogens is 685 g/mol. The molecule has 0 saturated heterocycles. The second-order valence-corrected chi connectivity index (χ2v) is 18.8. The topological polar surface area (TPSA) is 39.1 Å². The molecule has 4 nitrogen and oxygen atoms in total. The highest BCUT2D eigenvalue weighted by Gasteiger charge is 2.58. The fourth-order valence-electron chi connectivity index (χ4n) is 9.86. The summed E-state index contributed by atoms with van der Waals surface area (Å²) in [4.78, 5) is 5.48. The lowest BCUT2D eigenvalue weighted by molar-refractivity contribution is -0.774. The molecule has 0 bridgehead atoms. The largest absolute Gasteiger partial charge is 0.447 e. The van der Waals surface area contributed by atoms with Crippen molar-refractivity contribution in [2.45, 2.75) is 140 Å². The van der Waals surface area contributed by atoms with Gasteiger partial charge < -0.3 is 9.15 Å². The molecule has 0 fully saturated rings. The predicted molar refractivity (Wildman–Crippen MR) is 235 cm³/mol. The molecule has 292 valence electrons. The maximum atomic E-state index is 8.83. The van der Waals surface area contributed by atoms with E-state index in [1.165, 1.54) is 33.0 Å². The average Bonchev–Trinajstić information content (AvgIpc) is 3.70. The highest BCUT2D eigenvalue weighted by molar-refractivity contribution is 6.16. The number of hydrogen-bond acceptors (Lipinski definition) is 3. The number of hydrogen-bond donors (Lipinski definition) is 0. The minimum absolute atomic E-state index is 0.0798. The highest BCUT2D eigenvalue weighted by atomic mass is 16.5. The normalized spacial score (nSPS) is 18.3. The quantitative estimate of drug-likeness (QED) is 0.145. The number of aromatic nitrogens is 2. The number of benzene rings is 4. The number of fused-ring (bicyclic) bond motifs is 13. The van der Waals surface area contributed by atoms with Gasteiger partial charge in [0.25, 0.3) is 0 Å². The zero-order valence-corrected chi connectivity index (χ0v) is 36.4. The summed E-state index contributed by atoms with van der Waals surface area (Å²) in [7, 11) is 0. The Balaban J connectivity index is 1.57. The number of nitrogens with zero attached hydrogens (tertiary/aromatic N) is 2. The molecule has 2 aliphatic heterocycles. The Bertz CT molecular complexity index is 2750. The second-order valence-electron chi connectivity index (χ2n) is 18.8. The van der Waals surface area contributed by atoms with Crippen molar-refractivity contribution in [3.8, 4) is 11.3 Å². The van der Waals surface area contributed by atoms with Gasteiger partial charge in [-0.3, -0.25) is 0 Å². The van der Waals surface area contributed by atoms with E-state index in [9.17, 15) is 0 Å². The summed E-state index contributed by atoms with van der Waals surface area (Å²) in [5, 5.41) is 5.30. The third-order valence-corrected chi connectivity index (χ3v) is 13.8. The molecule has 0 N–H and O–H groups in total. The van der Waals surface area contributed by atoms with Crippen molar-refractivity contribution in [1.29, 1.82) is 0 Å². The van der Waals surface area contributed by atoms with Gasteiger partial charge in [0.2, 0.25) is 11.1 Å². The van der Waals surface area contributed by atoms with Gasteiger partial charge >= 0.3 is 11.5 Å². The second kappa shape index (κ2) is 13.0. The Hall–Kier alpha value is -4.44. The SMILES string of the molecule is [2H]C([2H])(c1ccc2c(ccc3c4nc(C)[n+]5c(c4oc23)-c2cc(C(C)(C)C)c3cc(C)ccc3c2C52C=C(C(C)(CC)CC)C(C)=C(C(C)(CC)CC)O2)c1)C(C)C. The average molecular weight is 750 g/mol. The van der Waals surface area contributed by atoms with Gasteiger partial charge in [-0.1, -0.05) is 124 Å². The van der Waals surface area contributed by atoms with Crippen LogP contribution in [0.3, 0.4) is 0 Å². The van der Waals surface area contributed by atoms with Gasteiger partial charge in [0.1, 0.15) is 11.3 Å². The van der Waals surface area contributed by atoms with Gasteiger partial charge in [0, 0.05) is 32.1 Å². The minimum atomic E-state index is -1.45. The van der Waals surface area contributed by atoms with Crippen molar-refractivity contribution in [3.05, 3.63) is 106 Å². The van der Waals surface area contributed by atoms with E-state index in [2.05, 4.69) is 130 Å². The molecule has 1 atom stereocenters. The van der Waals surface area contributed by atoms with Crippen molar-refractivity contribution in [2.75, 3.05) is 0 Å². The third-order valence-electron chi connectivity index (χ3n) is 13.8. The van der Waals surface area contributed by atoms with Crippen LogP contribution in [0.15, 0.2) is 82.0 Å². The van der Waals surface area contributed by atoms with E-state index < -0.39 is 12.1 Å². The molecule has 4 heterocycles. The predicted octanol–water partition coefficient (Wildman–Crippen LogP) is 14.3. The zero-order valence-electron chi connectivity index (χ0n) is 38.4. The molecule has 0 radical (unpaired) electrons. The summed E-state index contributed by atoms with van der Waals surface area (Å²) in [5.74, 6) is 1.77. The smallest absolute Gasteiger partial charge is 0.301 e. The Labute approximate surface area is 337 Å². The van der Waals surface area contributed by atoms with E-state index in [1.54, 1.807) is 0 Å². The number of aryl methyl sites for hydroxylation is 2. The Morgan fingerprint density at radius 2 is 1.43 bits per heavy atom. The molecule has 2 aromatic heterocycles. The molecule has 4 aromatic carbocycles. The number of allylic oxidation sites excluding steroid dienone is 3. The molecule has 4 heteroatoms. The Morgan fingerprint density at radius 3 is 2.07 bits per heavy atom. The number of rotatable bonds is 8. The van der Waals surface area contributed by atoms with Crippen LogP contribution < -0.4 is 4.57 Å². The van der Waals surface area contributed by atoms with Gasteiger partial charge in [-0.15, -0.1) is 0 Å². The monoisotopic (exact) mass is 750 g/mol. The van der Waals surface area contributed by atoms with E-state index in [1.807, 2.05) is 32.0 Å². The van der Waals surface area contributed by atoms with E-state index in [0.29, 0.717) is 5.56 Å². The fourth-order valence-corrected chi connectivity index (χ4v) is 9.86. The van der Waals surface area contributed by atoms with Gasteiger partial charge in [0.05, 0.1) is 10.9 Å². The van der Waals surface area contributed by atoms with Crippen molar-refractivity contribution in [3.63, 3.8) is 0 Å². The maximum Gasteiger partial charge on any atom is 0.301 e. The van der Waals surface area contributed by atoms with Crippen molar-refractivity contribution in [2.24, 2.45) is 16.7 Å². The van der Waals surface area contributed by atoms with Gasteiger partial charge in [-0.2, -0.15) is 4.57 Å². The molecule has 8 rings (SSSR count). The van der Waals surface area contributed by atoms with E-state index in [4.69, 9.17) is 16.9 Å². The van der Waals surface area contributed by atoms with Crippen LogP contribution in [-0.4, -0.2) is 4.98 Å². The first kappa shape index (κ1) is 35.9. The molecule has 0 amide bonds. The van der Waals surface area contributed by atoms with Crippen LogP contribution in [0.2, 0.25) is 0 Å². The van der Waals surface area contributed by atoms with Crippen LogP contribution in [0, 0.1) is 30.6 Å². The summed E-state index contributed by atoms with van der Waals surface area (Å²) in [6, 6.07) is 19.5. The van der Waals surface area contributed by atoms with Gasteiger partial charge in [0.15, 0.2) is 5.69 Å². The molecule has 56 heavy (non-hydrogen) atoms. The molecule has 0 saturated carbocycles. The summed E-state index contributed by atoms with van der Waals surface area (Å²) in [5.41, 5.74) is 9.96. The third kappa shape index (κ3) is 5.44. The minimum Gasteiger partial charge on any atom is -0.447 e. The first-order valence-electron chi connectivity index (χ1n) is 22.2. The lowest BCUT2D eigenvalue weighted by Crippen LogP contribution is -2.59. The van der Waals surface area contributed by atoms with Crippen molar-refractivity contribution < 1.29 is 16.5 Å². The van der Waals surface area contributed by atoms with Crippen LogP contribution in [-0.2, 0) is 22.2 Å². The maximum absolute atomic E-state index is 8.83. The molecule has 2 aliphatic rings. The first-order chi connectivity index (χ1) is 27.2. The zero-order chi connectivity index (χ0) is 42.1. The summed E-state index contributed by atoms with van der Waals surface area (Å²) in [6.45, 7) is 31.5. The van der Waals surface area contributed by atoms with Crippen molar-refractivity contribution in [1.82, 2.24) is 4.98 Å². The summed E-state index contributed by atoms with van der Waals surface area (Å²) < 4.78 is 35.1. The lowest BCUT2D eigenvalue weighted by Gasteiger charge is -2.44. The highest BCUT2D eigenvalue weighted by Crippen LogP contribution is 2.57. The number of furan rings is 1. The van der Waals surface area contributed by atoms with Crippen LogP contribution in [0.5, 0.6) is 0 Å². The molecule has 1 spiro atoms. The Morgan fingerprint density at radius 1 is 0.768 bits per heavy atom. The van der Waals surface area contributed by atoms with Crippen LogP contribution in [0.1, 0.15) is 140 Å². The summed E-state index contributed by atoms with van der Waals surface area (Å²) >= 11 is 0. The number of ether oxygens (including phenoxy) is 1. The van der Waals surface area contributed by atoms with Crippen molar-refractivity contribution >= 4 is 43.6 Å². The molecule has 0 aliphatic carbocycles. The lowest BCUT2D eigenvalue weighted by atomic mass is 9.69. The van der Waals surface area contributed by atoms with Gasteiger partial charge in [-0.05, 0) is 118 Å². The molecular formula is C52H63N2O2+. The summed E-state index contributed by atoms with van der Waals surface area (Å²) in [6.07, 6.45) is 4.94. The first-order valence-corrected chi connectivity index (χ1v) is 21.2. The van der Waals surface area contributed by atoms with E-state index in [-0.39, 0.29) is 22.2 Å². The standard InChI is InChI=1S/C52H63N2O2/c1-15-50(13,16-2)42-29-52(56-48(32(42)8)51(14,17-3)18-4)43-37-22-19-31(7)26-39(37)41(49(10,11)12)28-40(43)45-47-44(53-33(9)54(45)52)38-24-21-35-27-34(25-30(5)6)20-23-36(35)46(38)55-47/h19-24,26-30H,15-18,25H2,1-14H3/q+1/i25D2. The Kier molecular flexibility index (Phi) is 8.37. The van der Waals surface area contributed by atoms with Crippen LogP contribution in [0.25, 0.3) is 54.9 Å². The van der Waals surface area contributed by atoms with E-state index in [0.717, 1.165) is 86.9 Å². The van der Waals surface area contributed by atoms with Crippen LogP contribution in [0.4, 0.5) is 0 Å². The molecule has 6 aromatic rings. The fraction of sp³-hybridized carbons (Fsp3) is 0.462. The van der Waals surface area contributed by atoms with E-state index >= 15 is 0 Å². The molecule has 1 unspecified atom stereocenters. The van der Waals surface area contributed by atoms with Crippen LogP contribution >= 0.6 is 0 Å². The van der Waals surface area contributed by atoms with Gasteiger partial charge in [-0.25, -0.2) is 0 Å².